The van der Waals surface area contributed by atoms with Crippen molar-refractivity contribution in [1.82, 2.24) is 10.1 Å². The molecule has 0 spiro atoms. The van der Waals surface area contributed by atoms with Crippen LogP contribution >= 0.6 is 11.8 Å². The van der Waals surface area contributed by atoms with Gasteiger partial charge >= 0.3 is 0 Å². The second-order valence-electron chi connectivity index (χ2n) is 3.29. The van der Waals surface area contributed by atoms with Gasteiger partial charge in [0.2, 0.25) is 5.89 Å². The van der Waals surface area contributed by atoms with Crippen molar-refractivity contribution in [2.24, 2.45) is 5.73 Å². The van der Waals surface area contributed by atoms with Crippen molar-refractivity contribution >= 4 is 11.8 Å². The average Bonchev–Trinajstić information content (AvgIpc) is 2.53. The zero-order chi connectivity index (χ0) is 10.4. The standard InChI is InChI=1S/C9H17N3OS/c1-3-4-7(10)5-9-11-8(6-14-2)12-13-9/h7H,3-6,10H2,1-2H3. The number of nitrogens with zero attached hydrogens (tertiary/aromatic N) is 2. The Morgan fingerprint density at radius 3 is 3.00 bits per heavy atom. The molecule has 1 aromatic heterocycles. The van der Waals surface area contributed by atoms with Gasteiger partial charge in [-0.05, 0) is 12.7 Å². The summed E-state index contributed by atoms with van der Waals surface area (Å²) in [6.45, 7) is 2.12. The number of hydrogen-bond donors (Lipinski definition) is 1. The molecule has 1 unspecified atom stereocenters. The van der Waals surface area contributed by atoms with Gasteiger partial charge in [-0.2, -0.15) is 16.7 Å². The van der Waals surface area contributed by atoms with Crippen molar-refractivity contribution in [2.45, 2.75) is 38.0 Å². The van der Waals surface area contributed by atoms with Crippen LogP contribution in [0.3, 0.4) is 0 Å². The Kier molecular flexibility index (Phi) is 4.97. The first-order valence-corrected chi connectivity index (χ1v) is 6.21. The van der Waals surface area contributed by atoms with Crippen LogP contribution < -0.4 is 5.73 Å². The Hall–Kier alpha value is -0.550. The van der Waals surface area contributed by atoms with Crippen LogP contribution in [0.25, 0.3) is 0 Å². The molecule has 0 aliphatic carbocycles. The molecule has 1 atom stereocenters. The summed E-state index contributed by atoms with van der Waals surface area (Å²) in [5, 5.41) is 3.86. The molecule has 0 fully saturated rings. The van der Waals surface area contributed by atoms with E-state index in [0.717, 1.165) is 24.4 Å². The van der Waals surface area contributed by atoms with Gasteiger partial charge in [-0.1, -0.05) is 18.5 Å². The second-order valence-corrected chi connectivity index (χ2v) is 4.16. The molecule has 0 saturated carbocycles. The molecule has 14 heavy (non-hydrogen) atoms. The zero-order valence-electron chi connectivity index (χ0n) is 8.69. The molecule has 0 bridgehead atoms. The molecule has 0 aliphatic rings. The predicted molar refractivity (Wildman–Crippen MR) is 58.1 cm³/mol. The van der Waals surface area contributed by atoms with Gasteiger partial charge < -0.3 is 10.3 Å². The highest BCUT2D eigenvalue weighted by atomic mass is 32.2. The van der Waals surface area contributed by atoms with E-state index >= 15 is 0 Å². The van der Waals surface area contributed by atoms with Crippen molar-refractivity contribution in [3.8, 4) is 0 Å². The highest BCUT2D eigenvalue weighted by molar-refractivity contribution is 7.97. The van der Waals surface area contributed by atoms with Crippen LogP contribution in [-0.2, 0) is 12.2 Å². The maximum absolute atomic E-state index is 5.87. The van der Waals surface area contributed by atoms with Gasteiger partial charge in [-0.3, -0.25) is 0 Å². The molecule has 80 valence electrons. The lowest BCUT2D eigenvalue weighted by Crippen LogP contribution is -2.22. The minimum Gasteiger partial charge on any atom is -0.339 e. The van der Waals surface area contributed by atoms with E-state index in [4.69, 9.17) is 10.3 Å². The zero-order valence-corrected chi connectivity index (χ0v) is 9.51. The fourth-order valence-corrected chi connectivity index (χ4v) is 1.63. The minimum atomic E-state index is 0.141. The molecule has 1 rings (SSSR count). The molecule has 0 aromatic carbocycles. The van der Waals surface area contributed by atoms with E-state index < -0.39 is 0 Å². The molecule has 2 N–H and O–H groups in total. The van der Waals surface area contributed by atoms with Gasteiger partial charge in [0.15, 0.2) is 5.82 Å². The quantitative estimate of drug-likeness (QED) is 0.781. The summed E-state index contributed by atoms with van der Waals surface area (Å²) in [5.41, 5.74) is 5.87. The molecular weight excluding hydrogens is 198 g/mol. The van der Waals surface area contributed by atoms with Crippen molar-refractivity contribution in [2.75, 3.05) is 6.26 Å². The summed E-state index contributed by atoms with van der Waals surface area (Å²) in [6, 6.07) is 0.141. The average molecular weight is 215 g/mol. The normalized spacial score (nSPS) is 13.1. The molecule has 0 saturated heterocycles. The minimum absolute atomic E-state index is 0.141. The monoisotopic (exact) mass is 215 g/mol. The summed E-state index contributed by atoms with van der Waals surface area (Å²) in [4.78, 5) is 4.24. The Labute approximate surface area is 88.6 Å². The summed E-state index contributed by atoms with van der Waals surface area (Å²) in [7, 11) is 0. The lowest BCUT2D eigenvalue weighted by Gasteiger charge is -2.05. The smallest absolute Gasteiger partial charge is 0.228 e. The van der Waals surface area contributed by atoms with E-state index in [1.807, 2.05) is 6.26 Å². The lowest BCUT2D eigenvalue weighted by atomic mass is 10.1. The van der Waals surface area contributed by atoms with Crippen molar-refractivity contribution in [3.63, 3.8) is 0 Å². The summed E-state index contributed by atoms with van der Waals surface area (Å²) < 4.78 is 5.08. The van der Waals surface area contributed by atoms with E-state index in [2.05, 4.69) is 17.1 Å². The van der Waals surface area contributed by atoms with E-state index in [9.17, 15) is 0 Å². The Morgan fingerprint density at radius 2 is 2.36 bits per heavy atom. The van der Waals surface area contributed by atoms with E-state index in [0.29, 0.717) is 12.3 Å². The van der Waals surface area contributed by atoms with Crippen molar-refractivity contribution < 1.29 is 4.52 Å². The highest BCUT2D eigenvalue weighted by Crippen LogP contribution is 2.08. The van der Waals surface area contributed by atoms with Crippen LogP contribution in [-0.4, -0.2) is 22.4 Å². The largest absolute Gasteiger partial charge is 0.339 e. The van der Waals surface area contributed by atoms with E-state index in [-0.39, 0.29) is 6.04 Å². The second kappa shape index (κ2) is 6.03. The third-order valence-electron chi connectivity index (χ3n) is 1.88. The number of nitrogens with two attached hydrogens (primary N) is 1. The van der Waals surface area contributed by atoms with Gasteiger partial charge in [-0.15, -0.1) is 0 Å². The van der Waals surface area contributed by atoms with Crippen LogP contribution in [0.2, 0.25) is 0 Å². The van der Waals surface area contributed by atoms with E-state index in [1.165, 1.54) is 0 Å². The Bertz CT molecular complexity index is 264. The SMILES string of the molecule is CCCC(N)Cc1nc(CSC)no1. The third kappa shape index (κ3) is 3.67. The van der Waals surface area contributed by atoms with Gasteiger partial charge in [0, 0.05) is 12.5 Å². The fraction of sp³-hybridized carbons (Fsp3) is 0.778. The molecule has 0 aliphatic heterocycles. The van der Waals surface area contributed by atoms with Crippen LogP contribution in [0.4, 0.5) is 0 Å². The first-order chi connectivity index (χ1) is 6.76. The maximum atomic E-state index is 5.87. The number of thioether (sulfide) groups is 1. The van der Waals surface area contributed by atoms with Crippen LogP contribution in [0.5, 0.6) is 0 Å². The molecule has 1 heterocycles. The van der Waals surface area contributed by atoms with Gasteiger partial charge in [0.25, 0.3) is 0 Å². The van der Waals surface area contributed by atoms with Gasteiger partial charge in [-0.25, -0.2) is 0 Å². The van der Waals surface area contributed by atoms with Crippen LogP contribution in [0, 0.1) is 0 Å². The highest BCUT2D eigenvalue weighted by Gasteiger charge is 2.09. The summed E-state index contributed by atoms with van der Waals surface area (Å²) >= 11 is 1.68. The van der Waals surface area contributed by atoms with Gasteiger partial charge in [0.05, 0.1) is 5.75 Å². The maximum Gasteiger partial charge on any atom is 0.228 e. The number of rotatable bonds is 6. The molecule has 0 amide bonds. The summed E-state index contributed by atoms with van der Waals surface area (Å²) in [6.07, 6.45) is 4.79. The lowest BCUT2D eigenvalue weighted by molar-refractivity contribution is 0.362. The Balaban J connectivity index is 2.42. The van der Waals surface area contributed by atoms with Crippen LogP contribution in [0.15, 0.2) is 4.52 Å². The van der Waals surface area contributed by atoms with Crippen molar-refractivity contribution in [1.29, 1.82) is 0 Å². The summed E-state index contributed by atoms with van der Waals surface area (Å²) in [5.74, 6) is 2.22. The predicted octanol–water partition coefficient (Wildman–Crippen LogP) is 1.60. The fourth-order valence-electron chi connectivity index (χ4n) is 1.26. The van der Waals surface area contributed by atoms with Gasteiger partial charge in [0.1, 0.15) is 0 Å². The van der Waals surface area contributed by atoms with Crippen LogP contribution in [0.1, 0.15) is 31.5 Å². The molecule has 4 nitrogen and oxygen atoms in total. The first kappa shape index (κ1) is 11.5. The molecule has 0 radical (unpaired) electrons. The van der Waals surface area contributed by atoms with E-state index in [1.54, 1.807) is 11.8 Å². The number of hydrogen-bond acceptors (Lipinski definition) is 5. The molecular formula is C9H17N3OS. The van der Waals surface area contributed by atoms with Crippen molar-refractivity contribution in [3.05, 3.63) is 11.7 Å². The molecule has 1 aromatic rings. The number of aromatic nitrogens is 2. The molecule has 5 heteroatoms. The Morgan fingerprint density at radius 1 is 1.57 bits per heavy atom. The topological polar surface area (TPSA) is 64.9 Å². The first-order valence-electron chi connectivity index (χ1n) is 4.82. The third-order valence-corrected chi connectivity index (χ3v) is 2.43.